The van der Waals surface area contributed by atoms with Gasteiger partial charge in [0.1, 0.15) is 6.61 Å². The van der Waals surface area contributed by atoms with E-state index in [-0.39, 0.29) is 18.6 Å². The minimum Gasteiger partial charge on any atom is -0.370 e. The van der Waals surface area contributed by atoms with Crippen molar-refractivity contribution in [3.05, 3.63) is 0 Å². The minimum absolute atomic E-state index is 0.00447. The van der Waals surface area contributed by atoms with Crippen LogP contribution < -0.4 is 16.4 Å². The summed E-state index contributed by atoms with van der Waals surface area (Å²) in [5, 5.41) is 5.81. The molecule has 1 unspecified atom stereocenters. The number of hydrogen-bond acceptors (Lipinski definition) is 4. The molecule has 2 amide bonds. The van der Waals surface area contributed by atoms with E-state index in [1.54, 1.807) is 0 Å². The minimum atomic E-state index is -0.501. The Balaban J connectivity index is 1.99. The summed E-state index contributed by atoms with van der Waals surface area (Å²) in [6, 6.07) is -0.0684. The molecule has 1 aliphatic heterocycles. The third-order valence-corrected chi connectivity index (χ3v) is 2.17. The first-order chi connectivity index (χ1) is 7.20. The SMILES string of the molecule is NC(=O)COCCNC(=O)C1CCCN1. The van der Waals surface area contributed by atoms with Crippen LogP contribution in [0.2, 0.25) is 0 Å². The number of nitrogens with one attached hydrogen (secondary N) is 2. The van der Waals surface area contributed by atoms with Crippen molar-refractivity contribution in [1.29, 1.82) is 0 Å². The van der Waals surface area contributed by atoms with Gasteiger partial charge < -0.3 is 21.1 Å². The number of carbonyl (C=O) groups excluding carboxylic acids is 2. The van der Waals surface area contributed by atoms with E-state index in [4.69, 9.17) is 10.5 Å². The van der Waals surface area contributed by atoms with Gasteiger partial charge in [-0.05, 0) is 19.4 Å². The Labute approximate surface area is 88.5 Å². The number of nitrogens with two attached hydrogens (primary N) is 1. The quantitative estimate of drug-likeness (QED) is 0.463. The molecule has 1 rings (SSSR count). The third-order valence-electron chi connectivity index (χ3n) is 2.17. The standard InChI is InChI=1S/C9H17N3O3/c10-8(13)6-15-5-4-12-9(14)7-2-1-3-11-7/h7,11H,1-6H2,(H2,10,13)(H,12,14). The number of ether oxygens (including phenoxy) is 1. The molecule has 0 aromatic carbocycles. The van der Waals surface area contributed by atoms with Crippen molar-refractivity contribution in [2.24, 2.45) is 5.73 Å². The molecule has 86 valence electrons. The molecule has 0 aromatic rings. The lowest BCUT2D eigenvalue weighted by atomic mass is 10.2. The summed E-state index contributed by atoms with van der Waals surface area (Å²) in [7, 11) is 0. The van der Waals surface area contributed by atoms with E-state index in [0.717, 1.165) is 19.4 Å². The van der Waals surface area contributed by atoms with Crippen LogP contribution in [0, 0.1) is 0 Å². The van der Waals surface area contributed by atoms with Crippen molar-refractivity contribution < 1.29 is 14.3 Å². The van der Waals surface area contributed by atoms with Gasteiger partial charge in [-0.15, -0.1) is 0 Å². The Kier molecular flexibility index (Phi) is 5.06. The van der Waals surface area contributed by atoms with Crippen LogP contribution in [0.1, 0.15) is 12.8 Å². The van der Waals surface area contributed by atoms with Gasteiger partial charge in [0.15, 0.2) is 0 Å². The predicted octanol–water partition coefficient (Wildman–Crippen LogP) is -1.64. The highest BCUT2D eigenvalue weighted by Crippen LogP contribution is 2.03. The first-order valence-corrected chi connectivity index (χ1v) is 5.07. The zero-order valence-corrected chi connectivity index (χ0v) is 8.62. The monoisotopic (exact) mass is 215 g/mol. The third kappa shape index (κ3) is 4.75. The summed E-state index contributed by atoms with van der Waals surface area (Å²) in [6.45, 7) is 1.51. The van der Waals surface area contributed by atoms with Gasteiger partial charge in [-0.2, -0.15) is 0 Å². The Morgan fingerprint density at radius 1 is 1.53 bits per heavy atom. The summed E-state index contributed by atoms with van der Waals surface area (Å²) in [5.41, 5.74) is 4.87. The van der Waals surface area contributed by atoms with E-state index in [2.05, 4.69) is 10.6 Å². The topological polar surface area (TPSA) is 93.5 Å². The number of carbonyl (C=O) groups is 2. The fraction of sp³-hybridized carbons (Fsp3) is 0.778. The van der Waals surface area contributed by atoms with Gasteiger partial charge in [0.2, 0.25) is 11.8 Å². The first kappa shape index (κ1) is 11.9. The maximum absolute atomic E-state index is 11.4. The van der Waals surface area contributed by atoms with Crippen LogP contribution in [0.25, 0.3) is 0 Å². The van der Waals surface area contributed by atoms with Gasteiger partial charge in [0.05, 0.1) is 12.6 Å². The average Bonchev–Trinajstić information content (AvgIpc) is 2.69. The first-order valence-electron chi connectivity index (χ1n) is 5.07. The van der Waals surface area contributed by atoms with E-state index in [1.165, 1.54) is 0 Å². The molecule has 15 heavy (non-hydrogen) atoms. The predicted molar refractivity (Wildman–Crippen MR) is 54.0 cm³/mol. The molecule has 1 saturated heterocycles. The molecule has 0 bridgehead atoms. The molecular weight excluding hydrogens is 198 g/mol. The largest absolute Gasteiger partial charge is 0.370 e. The molecule has 6 nitrogen and oxygen atoms in total. The van der Waals surface area contributed by atoms with Gasteiger partial charge in [0, 0.05) is 6.54 Å². The van der Waals surface area contributed by atoms with Crippen molar-refractivity contribution in [1.82, 2.24) is 10.6 Å². The van der Waals surface area contributed by atoms with E-state index in [0.29, 0.717) is 13.2 Å². The fourth-order valence-corrected chi connectivity index (χ4v) is 1.45. The molecule has 6 heteroatoms. The van der Waals surface area contributed by atoms with Crippen LogP contribution >= 0.6 is 0 Å². The van der Waals surface area contributed by atoms with Crippen molar-refractivity contribution in [2.75, 3.05) is 26.3 Å². The molecule has 0 aromatic heterocycles. The van der Waals surface area contributed by atoms with Gasteiger partial charge in [-0.3, -0.25) is 9.59 Å². The van der Waals surface area contributed by atoms with Crippen molar-refractivity contribution in [2.45, 2.75) is 18.9 Å². The second-order valence-electron chi connectivity index (χ2n) is 3.46. The van der Waals surface area contributed by atoms with E-state index in [9.17, 15) is 9.59 Å². The van der Waals surface area contributed by atoms with Crippen LogP contribution in [-0.4, -0.2) is 44.2 Å². The van der Waals surface area contributed by atoms with Gasteiger partial charge in [0.25, 0.3) is 0 Å². The summed E-state index contributed by atoms with van der Waals surface area (Å²) < 4.78 is 4.90. The van der Waals surface area contributed by atoms with E-state index < -0.39 is 5.91 Å². The van der Waals surface area contributed by atoms with Crippen molar-refractivity contribution in [3.63, 3.8) is 0 Å². The summed E-state index contributed by atoms with van der Waals surface area (Å²) >= 11 is 0. The van der Waals surface area contributed by atoms with Crippen LogP contribution in [0.3, 0.4) is 0 Å². The zero-order valence-electron chi connectivity index (χ0n) is 8.62. The van der Waals surface area contributed by atoms with Crippen molar-refractivity contribution >= 4 is 11.8 Å². The maximum atomic E-state index is 11.4. The molecule has 1 aliphatic rings. The summed E-state index contributed by atoms with van der Waals surface area (Å²) in [6.07, 6.45) is 1.92. The molecule has 1 fully saturated rings. The van der Waals surface area contributed by atoms with E-state index in [1.807, 2.05) is 0 Å². The van der Waals surface area contributed by atoms with Gasteiger partial charge in [-0.25, -0.2) is 0 Å². The highest BCUT2D eigenvalue weighted by atomic mass is 16.5. The van der Waals surface area contributed by atoms with Gasteiger partial charge in [-0.1, -0.05) is 0 Å². The zero-order chi connectivity index (χ0) is 11.1. The smallest absolute Gasteiger partial charge is 0.243 e. The maximum Gasteiger partial charge on any atom is 0.243 e. The molecular formula is C9H17N3O3. The molecule has 0 saturated carbocycles. The highest BCUT2D eigenvalue weighted by molar-refractivity contribution is 5.81. The summed E-state index contributed by atoms with van der Waals surface area (Å²) in [4.78, 5) is 21.7. The molecule has 1 heterocycles. The number of hydrogen-bond donors (Lipinski definition) is 3. The van der Waals surface area contributed by atoms with Crippen molar-refractivity contribution in [3.8, 4) is 0 Å². The molecule has 0 radical (unpaired) electrons. The normalized spacial score (nSPS) is 20.1. The molecule has 0 aliphatic carbocycles. The lowest BCUT2D eigenvalue weighted by Crippen LogP contribution is -2.41. The molecule has 4 N–H and O–H groups in total. The van der Waals surface area contributed by atoms with E-state index >= 15 is 0 Å². The Bertz CT molecular complexity index is 227. The number of amides is 2. The Morgan fingerprint density at radius 3 is 2.93 bits per heavy atom. The fourth-order valence-electron chi connectivity index (χ4n) is 1.45. The van der Waals surface area contributed by atoms with Gasteiger partial charge >= 0.3 is 0 Å². The summed E-state index contributed by atoms with van der Waals surface area (Å²) in [5.74, 6) is -0.506. The van der Waals surface area contributed by atoms with Crippen LogP contribution in [0.5, 0.6) is 0 Å². The molecule has 0 spiro atoms. The lowest BCUT2D eigenvalue weighted by molar-refractivity contribution is -0.123. The Morgan fingerprint density at radius 2 is 2.33 bits per heavy atom. The molecule has 1 atom stereocenters. The van der Waals surface area contributed by atoms with Crippen LogP contribution in [0.15, 0.2) is 0 Å². The second kappa shape index (κ2) is 6.36. The second-order valence-corrected chi connectivity index (χ2v) is 3.46. The van der Waals surface area contributed by atoms with Crippen LogP contribution in [0.4, 0.5) is 0 Å². The van der Waals surface area contributed by atoms with Crippen LogP contribution in [-0.2, 0) is 14.3 Å². The Hall–Kier alpha value is -1.14. The highest BCUT2D eigenvalue weighted by Gasteiger charge is 2.20. The number of primary amides is 1. The average molecular weight is 215 g/mol. The lowest BCUT2D eigenvalue weighted by Gasteiger charge is -2.10. The number of rotatable bonds is 6.